The van der Waals surface area contributed by atoms with E-state index in [1.54, 1.807) is 19.2 Å². The SMILES string of the molecule is COc1cc(OC)c(C=NNC(=O)Cn2nnc3ccccc32)c(OC)c1. The maximum absolute atomic E-state index is 12.2. The standard InChI is InChI=1S/C18H19N5O4/c1-25-12-8-16(26-2)13(17(9-12)27-3)10-19-21-18(24)11-23-15-7-5-4-6-14(15)20-22-23/h4-10H,11H2,1-3H3,(H,21,24). The number of carbonyl (C=O) groups excluding carboxylic acids is 1. The van der Waals surface area contributed by atoms with Crippen LogP contribution in [0, 0.1) is 0 Å². The van der Waals surface area contributed by atoms with E-state index in [0.29, 0.717) is 22.8 Å². The van der Waals surface area contributed by atoms with E-state index in [1.165, 1.54) is 25.1 Å². The summed E-state index contributed by atoms with van der Waals surface area (Å²) in [6.45, 7) is -0.00522. The van der Waals surface area contributed by atoms with Crippen molar-refractivity contribution in [3.05, 3.63) is 42.0 Å². The third-order valence-electron chi connectivity index (χ3n) is 3.85. The summed E-state index contributed by atoms with van der Waals surface area (Å²) in [7, 11) is 4.61. The predicted octanol–water partition coefficient (Wildman–Crippen LogP) is 1.61. The molecule has 9 nitrogen and oxygen atoms in total. The van der Waals surface area contributed by atoms with E-state index < -0.39 is 0 Å². The molecule has 1 N–H and O–H groups in total. The van der Waals surface area contributed by atoms with Crippen LogP contribution in [-0.2, 0) is 11.3 Å². The molecule has 0 spiro atoms. The molecule has 1 aromatic heterocycles. The van der Waals surface area contributed by atoms with E-state index in [-0.39, 0.29) is 12.5 Å². The van der Waals surface area contributed by atoms with Crippen molar-refractivity contribution in [1.82, 2.24) is 20.4 Å². The molecular formula is C18H19N5O4. The molecule has 0 saturated carbocycles. The zero-order valence-electron chi connectivity index (χ0n) is 15.2. The second kappa shape index (κ2) is 8.17. The lowest BCUT2D eigenvalue weighted by molar-refractivity contribution is -0.121. The van der Waals surface area contributed by atoms with Gasteiger partial charge in [-0.25, -0.2) is 10.1 Å². The number of carbonyl (C=O) groups is 1. The number of nitrogens with zero attached hydrogens (tertiary/aromatic N) is 4. The number of aromatic nitrogens is 3. The maximum atomic E-state index is 12.2. The monoisotopic (exact) mass is 369 g/mol. The summed E-state index contributed by atoms with van der Waals surface area (Å²) in [5.74, 6) is 1.26. The highest BCUT2D eigenvalue weighted by atomic mass is 16.5. The van der Waals surface area contributed by atoms with Gasteiger partial charge in [-0.15, -0.1) is 5.10 Å². The molecule has 0 aliphatic carbocycles. The van der Waals surface area contributed by atoms with Crippen LogP contribution >= 0.6 is 0 Å². The van der Waals surface area contributed by atoms with Crippen LogP contribution in [0.2, 0.25) is 0 Å². The van der Waals surface area contributed by atoms with Gasteiger partial charge in [0.2, 0.25) is 0 Å². The fourth-order valence-corrected chi connectivity index (χ4v) is 2.53. The molecule has 0 radical (unpaired) electrons. The van der Waals surface area contributed by atoms with Gasteiger partial charge in [0, 0.05) is 12.1 Å². The van der Waals surface area contributed by atoms with Crippen LogP contribution in [0.25, 0.3) is 11.0 Å². The molecule has 0 aliphatic rings. The van der Waals surface area contributed by atoms with E-state index >= 15 is 0 Å². The minimum atomic E-state index is -0.339. The minimum absolute atomic E-state index is 0.00522. The zero-order valence-corrected chi connectivity index (χ0v) is 15.2. The van der Waals surface area contributed by atoms with Crippen molar-refractivity contribution < 1.29 is 19.0 Å². The molecule has 27 heavy (non-hydrogen) atoms. The van der Waals surface area contributed by atoms with Crippen LogP contribution in [0.15, 0.2) is 41.5 Å². The van der Waals surface area contributed by atoms with Gasteiger partial charge >= 0.3 is 0 Å². The van der Waals surface area contributed by atoms with Crippen molar-refractivity contribution in [2.24, 2.45) is 5.10 Å². The van der Waals surface area contributed by atoms with Crippen LogP contribution in [0.3, 0.4) is 0 Å². The number of nitrogens with one attached hydrogen (secondary N) is 1. The highest BCUT2D eigenvalue weighted by Crippen LogP contribution is 2.32. The number of methoxy groups -OCH3 is 3. The molecule has 140 valence electrons. The number of rotatable bonds is 7. The molecule has 1 heterocycles. The third-order valence-corrected chi connectivity index (χ3v) is 3.85. The topological polar surface area (TPSA) is 99.9 Å². The molecule has 0 saturated heterocycles. The Bertz CT molecular complexity index is 958. The van der Waals surface area contributed by atoms with Crippen LogP contribution in [-0.4, -0.2) is 48.4 Å². The quantitative estimate of drug-likeness (QED) is 0.502. The van der Waals surface area contributed by atoms with E-state index in [1.807, 2.05) is 24.3 Å². The van der Waals surface area contributed by atoms with Gasteiger partial charge in [0.05, 0.1) is 38.6 Å². The second-order valence-electron chi connectivity index (χ2n) is 5.47. The zero-order chi connectivity index (χ0) is 19.2. The van der Waals surface area contributed by atoms with Crippen LogP contribution in [0.5, 0.6) is 17.2 Å². The van der Waals surface area contributed by atoms with Gasteiger partial charge in [0.1, 0.15) is 29.3 Å². The Balaban J connectivity index is 1.72. The largest absolute Gasteiger partial charge is 0.496 e. The Kier molecular flexibility index (Phi) is 5.50. The smallest absolute Gasteiger partial charge is 0.261 e. The van der Waals surface area contributed by atoms with E-state index in [2.05, 4.69) is 20.8 Å². The van der Waals surface area contributed by atoms with E-state index in [9.17, 15) is 4.79 Å². The first kappa shape index (κ1) is 18.2. The van der Waals surface area contributed by atoms with Gasteiger partial charge in [-0.05, 0) is 12.1 Å². The van der Waals surface area contributed by atoms with Crippen LogP contribution < -0.4 is 19.6 Å². The Labute approximate surface area is 155 Å². The number of hydrogen-bond acceptors (Lipinski definition) is 7. The lowest BCUT2D eigenvalue weighted by atomic mass is 10.2. The molecule has 0 atom stereocenters. The lowest BCUT2D eigenvalue weighted by Crippen LogP contribution is -2.23. The normalized spacial score (nSPS) is 10.9. The van der Waals surface area contributed by atoms with Gasteiger partial charge in [-0.2, -0.15) is 5.10 Å². The Hall–Kier alpha value is -3.62. The fourth-order valence-electron chi connectivity index (χ4n) is 2.53. The fraction of sp³-hybridized carbons (Fsp3) is 0.222. The average Bonchev–Trinajstić information content (AvgIpc) is 3.10. The number of hydrazone groups is 1. The first-order chi connectivity index (χ1) is 13.2. The summed E-state index contributed by atoms with van der Waals surface area (Å²) >= 11 is 0. The molecule has 0 fully saturated rings. The molecule has 0 bridgehead atoms. The molecule has 2 aromatic carbocycles. The summed E-state index contributed by atoms with van der Waals surface area (Å²) in [5, 5.41) is 12.0. The molecule has 3 rings (SSSR count). The predicted molar refractivity (Wildman–Crippen MR) is 99.4 cm³/mol. The number of fused-ring (bicyclic) bond motifs is 1. The molecule has 1 amide bonds. The Morgan fingerprint density at radius 1 is 1.15 bits per heavy atom. The van der Waals surface area contributed by atoms with Crippen molar-refractivity contribution >= 4 is 23.2 Å². The Morgan fingerprint density at radius 3 is 2.52 bits per heavy atom. The summed E-state index contributed by atoms with van der Waals surface area (Å²) in [4.78, 5) is 12.2. The summed E-state index contributed by atoms with van der Waals surface area (Å²) in [6.07, 6.45) is 1.45. The number of ether oxygens (including phenoxy) is 3. The molecule has 0 unspecified atom stereocenters. The van der Waals surface area contributed by atoms with Crippen molar-refractivity contribution in [2.45, 2.75) is 6.54 Å². The van der Waals surface area contributed by atoms with E-state index in [4.69, 9.17) is 14.2 Å². The summed E-state index contributed by atoms with van der Waals surface area (Å²) in [5.41, 5.74) is 4.54. The minimum Gasteiger partial charge on any atom is -0.496 e. The summed E-state index contributed by atoms with van der Waals surface area (Å²) < 4.78 is 17.4. The molecule has 3 aromatic rings. The van der Waals surface area contributed by atoms with Crippen molar-refractivity contribution in [2.75, 3.05) is 21.3 Å². The van der Waals surface area contributed by atoms with E-state index in [0.717, 1.165) is 11.0 Å². The van der Waals surface area contributed by atoms with Gasteiger partial charge in [-0.1, -0.05) is 17.3 Å². The second-order valence-corrected chi connectivity index (χ2v) is 5.47. The highest BCUT2D eigenvalue weighted by molar-refractivity contribution is 5.89. The van der Waals surface area contributed by atoms with Crippen molar-refractivity contribution in [3.63, 3.8) is 0 Å². The molecule has 9 heteroatoms. The lowest BCUT2D eigenvalue weighted by Gasteiger charge is -2.12. The number of hydrogen-bond donors (Lipinski definition) is 1. The first-order valence-electron chi connectivity index (χ1n) is 8.06. The van der Waals surface area contributed by atoms with Crippen LogP contribution in [0.1, 0.15) is 5.56 Å². The third kappa shape index (κ3) is 3.97. The van der Waals surface area contributed by atoms with Gasteiger partial charge in [0.15, 0.2) is 0 Å². The Morgan fingerprint density at radius 2 is 1.85 bits per heavy atom. The highest BCUT2D eigenvalue weighted by Gasteiger charge is 2.12. The molecule has 0 aliphatic heterocycles. The summed E-state index contributed by atoms with van der Waals surface area (Å²) in [6, 6.07) is 10.8. The maximum Gasteiger partial charge on any atom is 0.261 e. The van der Waals surface area contributed by atoms with Gasteiger partial charge in [0.25, 0.3) is 5.91 Å². The van der Waals surface area contributed by atoms with Gasteiger partial charge in [-0.3, -0.25) is 4.79 Å². The average molecular weight is 369 g/mol. The van der Waals surface area contributed by atoms with Gasteiger partial charge < -0.3 is 14.2 Å². The van der Waals surface area contributed by atoms with Crippen molar-refractivity contribution in [1.29, 1.82) is 0 Å². The molecular weight excluding hydrogens is 350 g/mol. The van der Waals surface area contributed by atoms with Crippen molar-refractivity contribution in [3.8, 4) is 17.2 Å². The number of amides is 1. The first-order valence-corrected chi connectivity index (χ1v) is 8.06. The van der Waals surface area contributed by atoms with Crippen LogP contribution in [0.4, 0.5) is 0 Å². The number of benzene rings is 2. The number of para-hydroxylation sites is 1.